The van der Waals surface area contributed by atoms with Gasteiger partial charge in [-0.25, -0.2) is 0 Å². The maximum Gasteiger partial charge on any atom is 0.0585 e. The lowest BCUT2D eigenvalue weighted by atomic mass is 10.0. The molecular weight excluding hydrogens is 238 g/mol. The van der Waals surface area contributed by atoms with Crippen LogP contribution in [0.1, 0.15) is 11.1 Å². The topological polar surface area (TPSA) is 65.3 Å². The van der Waals surface area contributed by atoms with Crippen molar-refractivity contribution in [2.45, 2.75) is 18.9 Å². The van der Waals surface area contributed by atoms with Crippen LogP contribution in [0.5, 0.6) is 0 Å². The largest absolute Gasteiger partial charge is 0.395 e. The molecule has 0 aliphatic heterocycles. The van der Waals surface area contributed by atoms with Gasteiger partial charge in [0.15, 0.2) is 0 Å². The zero-order valence-electron chi connectivity index (χ0n) is 11.7. The Morgan fingerprint density at radius 2 is 2.16 bits per heavy atom. The van der Waals surface area contributed by atoms with E-state index in [1.807, 2.05) is 0 Å². The summed E-state index contributed by atoms with van der Waals surface area (Å²) in [5.41, 5.74) is 9.47. The number of fused-ring (bicyclic) bond motifs is 1. The molecule has 2 aromatic rings. The smallest absolute Gasteiger partial charge is 0.0585 e. The third kappa shape index (κ3) is 3.56. The molecule has 0 spiro atoms. The first-order valence-corrected chi connectivity index (χ1v) is 6.70. The fraction of sp³-hybridized carbons (Fsp3) is 0.467. The molecule has 0 fully saturated rings. The van der Waals surface area contributed by atoms with Crippen molar-refractivity contribution in [1.82, 2.24) is 9.88 Å². The van der Waals surface area contributed by atoms with Crippen LogP contribution in [0.25, 0.3) is 10.9 Å². The highest BCUT2D eigenvalue weighted by Gasteiger charge is 2.07. The van der Waals surface area contributed by atoms with Crippen LogP contribution in [-0.4, -0.2) is 48.3 Å². The summed E-state index contributed by atoms with van der Waals surface area (Å²) in [7, 11) is 4.17. The lowest BCUT2D eigenvalue weighted by Crippen LogP contribution is -2.26. The molecule has 1 aromatic heterocycles. The molecule has 1 aromatic carbocycles. The molecule has 1 heterocycles. The first kappa shape index (κ1) is 14.1. The molecule has 104 valence electrons. The lowest BCUT2D eigenvalue weighted by molar-refractivity contribution is 0.265. The molecule has 19 heavy (non-hydrogen) atoms. The van der Waals surface area contributed by atoms with Gasteiger partial charge < -0.3 is 20.7 Å². The number of aromatic amines is 1. The highest BCUT2D eigenvalue weighted by Crippen LogP contribution is 2.21. The first-order valence-electron chi connectivity index (χ1n) is 6.70. The van der Waals surface area contributed by atoms with Crippen molar-refractivity contribution in [3.05, 3.63) is 35.5 Å². The molecule has 0 bridgehead atoms. The van der Waals surface area contributed by atoms with E-state index in [2.05, 4.69) is 48.4 Å². The van der Waals surface area contributed by atoms with Crippen molar-refractivity contribution < 1.29 is 5.11 Å². The highest BCUT2D eigenvalue weighted by molar-refractivity contribution is 5.83. The van der Waals surface area contributed by atoms with Gasteiger partial charge in [0.2, 0.25) is 0 Å². The minimum atomic E-state index is -0.179. The van der Waals surface area contributed by atoms with Crippen LogP contribution in [-0.2, 0) is 12.8 Å². The fourth-order valence-electron chi connectivity index (χ4n) is 2.27. The average molecular weight is 261 g/mol. The molecule has 0 radical (unpaired) electrons. The van der Waals surface area contributed by atoms with Gasteiger partial charge in [0.05, 0.1) is 6.61 Å². The summed E-state index contributed by atoms with van der Waals surface area (Å²) in [6, 6.07) is 6.17. The summed E-state index contributed by atoms with van der Waals surface area (Å²) in [6.07, 6.45) is 3.83. The Labute approximate surface area is 114 Å². The van der Waals surface area contributed by atoms with E-state index in [1.165, 1.54) is 16.5 Å². The Morgan fingerprint density at radius 1 is 1.37 bits per heavy atom. The van der Waals surface area contributed by atoms with Crippen LogP contribution < -0.4 is 5.73 Å². The standard InChI is InChI=1S/C15H23N3O/c1-18(2)6-5-12-9-17-15-4-3-11(8-14(12)15)7-13(16)10-19/h3-4,8-9,13,17,19H,5-7,10,16H2,1-2H3/t13-/m0/s1. The molecule has 0 unspecified atom stereocenters. The maximum absolute atomic E-state index is 9.03. The van der Waals surface area contributed by atoms with Gasteiger partial charge in [-0.1, -0.05) is 6.07 Å². The predicted molar refractivity (Wildman–Crippen MR) is 79.3 cm³/mol. The number of nitrogens with one attached hydrogen (secondary N) is 1. The third-order valence-corrected chi connectivity index (χ3v) is 3.39. The number of benzene rings is 1. The van der Waals surface area contributed by atoms with Crippen molar-refractivity contribution in [1.29, 1.82) is 0 Å². The van der Waals surface area contributed by atoms with Crippen LogP contribution >= 0.6 is 0 Å². The van der Waals surface area contributed by atoms with Gasteiger partial charge in [0, 0.05) is 29.7 Å². The summed E-state index contributed by atoms with van der Waals surface area (Å²) >= 11 is 0. The van der Waals surface area contributed by atoms with Gasteiger partial charge in [-0.3, -0.25) is 0 Å². The monoisotopic (exact) mass is 261 g/mol. The molecule has 0 amide bonds. The Kier molecular flexibility index (Phi) is 4.58. The Hall–Kier alpha value is -1.36. The van der Waals surface area contributed by atoms with E-state index in [9.17, 15) is 0 Å². The summed E-state index contributed by atoms with van der Waals surface area (Å²) in [6.45, 7) is 1.06. The van der Waals surface area contributed by atoms with E-state index in [0.29, 0.717) is 6.42 Å². The van der Waals surface area contributed by atoms with Crippen molar-refractivity contribution in [2.24, 2.45) is 5.73 Å². The van der Waals surface area contributed by atoms with Gasteiger partial charge in [0.1, 0.15) is 0 Å². The van der Waals surface area contributed by atoms with Gasteiger partial charge in [-0.15, -0.1) is 0 Å². The Balaban J connectivity index is 2.21. The normalized spacial score (nSPS) is 13.3. The van der Waals surface area contributed by atoms with E-state index >= 15 is 0 Å². The van der Waals surface area contributed by atoms with E-state index in [-0.39, 0.29) is 12.6 Å². The molecule has 0 aliphatic carbocycles. The van der Waals surface area contributed by atoms with E-state index in [0.717, 1.165) is 18.5 Å². The SMILES string of the molecule is CN(C)CCc1c[nH]c2ccc(C[C@H](N)CO)cc12. The van der Waals surface area contributed by atoms with Crippen LogP contribution in [0.15, 0.2) is 24.4 Å². The minimum Gasteiger partial charge on any atom is -0.395 e. The number of aliphatic hydroxyl groups excluding tert-OH is 1. The second-order valence-corrected chi connectivity index (χ2v) is 5.39. The van der Waals surface area contributed by atoms with Crippen molar-refractivity contribution in [3.63, 3.8) is 0 Å². The fourth-order valence-corrected chi connectivity index (χ4v) is 2.27. The van der Waals surface area contributed by atoms with Gasteiger partial charge in [0.25, 0.3) is 0 Å². The number of nitrogens with zero attached hydrogens (tertiary/aromatic N) is 1. The summed E-state index contributed by atoms with van der Waals surface area (Å²) in [5.74, 6) is 0. The van der Waals surface area contributed by atoms with Crippen molar-refractivity contribution >= 4 is 10.9 Å². The number of nitrogens with two attached hydrogens (primary N) is 1. The predicted octanol–water partition coefficient (Wildman–Crippen LogP) is 1.13. The summed E-state index contributed by atoms with van der Waals surface area (Å²) < 4.78 is 0. The van der Waals surface area contributed by atoms with Crippen LogP contribution in [0, 0.1) is 0 Å². The number of aromatic nitrogens is 1. The third-order valence-electron chi connectivity index (χ3n) is 3.39. The van der Waals surface area contributed by atoms with E-state index in [1.54, 1.807) is 0 Å². The van der Waals surface area contributed by atoms with Crippen LogP contribution in [0.4, 0.5) is 0 Å². The number of hydrogen-bond donors (Lipinski definition) is 3. The Bertz CT molecular complexity index is 533. The molecule has 2 rings (SSSR count). The molecule has 4 nitrogen and oxygen atoms in total. The summed E-state index contributed by atoms with van der Waals surface area (Å²) in [5, 5.41) is 10.3. The molecular formula is C15H23N3O. The number of likely N-dealkylation sites (N-methyl/N-ethyl adjacent to an activating group) is 1. The molecule has 1 atom stereocenters. The summed E-state index contributed by atoms with van der Waals surface area (Å²) in [4.78, 5) is 5.49. The maximum atomic E-state index is 9.03. The average Bonchev–Trinajstić information content (AvgIpc) is 2.78. The second-order valence-electron chi connectivity index (χ2n) is 5.39. The zero-order chi connectivity index (χ0) is 13.8. The van der Waals surface area contributed by atoms with Crippen molar-refractivity contribution in [2.75, 3.05) is 27.2 Å². The molecule has 4 N–H and O–H groups in total. The minimum absolute atomic E-state index is 0.0264. The van der Waals surface area contributed by atoms with Crippen LogP contribution in [0.3, 0.4) is 0 Å². The lowest BCUT2D eigenvalue weighted by Gasteiger charge is -2.10. The molecule has 0 saturated carbocycles. The second kappa shape index (κ2) is 6.19. The molecule has 0 saturated heterocycles. The zero-order valence-corrected chi connectivity index (χ0v) is 11.7. The quantitative estimate of drug-likeness (QED) is 0.730. The molecule has 0 aliphatic rings. The number of rotatable bonds is 6. The van der Waals surface area contributed by atoms with E-state index < -0.39 is 0 Å². The van der Waals surface area contributed by atoms with Gasteiger partial charge in [-0.05, 0) is 50.2 Å². The van der Waals surface area contributed by atoms with E-state index in [4.69, 9.17) is 10.8 Å². The van der Waals surface area contributed by atoms with Crippen molar-refractivity contribution in [3.8, 4) is 0 Å². The van der Waals surface area contributed by atoms with Gasteiger partial charge in [-0.2, -0.15) is 0 Å². The van der Waals surface area contributed by atoms with Gasteiger partial charge >= 0.3 is 0 Å². The first-order chi connectivity index (χ1) is 9.10. The number of hydrogen-bond acceptors (Lipinski definition) is 3. The van der Waals surface area contributed by atoms with Crippen LogP contribution in [0.2, 0.25) is 0 Å². The number of aliphatic hydroxyl groups is 1. The number of H-pyrrole nitrogens is 1. The highest BCUT2D eigenvalue weighted by atomic mass is 16.3. The Morgan fingerprint density at radius 3 is 2.84 bits per heavy atom. The molecule has 4 heteroatoms.